The Bertz CT molecular complexity index is 439. The first-order chi connectivity index (χ1) is 9.28. The van der Waals surface area contributed by atoms with E-state index in [1.165, 1.54) is 11.1 Å². The second-order valence-corrected chi connectivity index (χ2v) is 6.83. The maximum Gasteiger partial charge on any atom is 0.0757 e. The van der Waals surface area contributed by atoms with Crippen LogP contribution < -0.4 is 5.73 Å². The first-order valence-electron chi connectivity index (χ1n) is 7.52. The predicted molar refractivity (Wildman–Crippen MR) is 83.8 cm³/mol. The summed E-state index contributed by atoms with van der Waals surface area (Å²) < 4.78 is 6.01. The lowest BCUT2D eigenvalue weighted by molar-refractivity contribution is -0.139. The minimum atomic E-state index is -0.116. The van der Waals surface area contributed by atoms with Crippen LogP contribution in [-0.4, -0.2) is 35.7 Å². The van der Waals surface area contributed by atoms with Gasteiger partial charge in [-0.2, -0.15) is 0 Å². The Labute approximate surface area is 123 Å². The summed E-state index contributed by atoms with van der Waals surface area (Å²) in [4.78, 5) is 2.48. The van der Waals surface area contributed by atoms with Crippen molar-refractivity contribution >= 4 is 0 Å². The fraction of sp³-hybridized carbons (Fsp3) is 0.647. The molecule has 0 spiro atoms. The van der Waals surface area contributed by atoms with Crippen molar-refractivity contribution in [1.82, 2.24) is 4.90 Å². The van der Waals surface area contributed by atoms with Gasteiger partial charge in [-0.25, -0.2) is 0 Å². The molecule has 3 unspecified atom stereocenters. The number of nitrogens with two attached hydrogens (primary N) is 1. The van der Waals surface area contributed by atoms with Gasteiger partial charge >= 0.3 is 0 Å². The lowest BCUT2D eigenvalue weighted by atomic mass is 9.95. The highest BCUT2D eigenvalue weighted by atomic mass is 16.5. The van der Waals surface area contributed by atoms with Crippen LogP contribution in [0.25, 0.3) is 0 Å². The third-order valence-corrected chi connectivity index (χ3v) is 3.91. The van der Waals surface area contributed by atoms with E-state index in [2.05, 4.69) is 63.8 Å². The van der Waals surface area contributed by atoms with Crippen LogP contribution in [0.1, 0.15) is 44.9 Å². The molecule has 1 aliphatic rings. The van der Waals surface area contributed by atoms with Gasteiger partial charge in [0.05, 0.1) is 11.7 Å². The van der Waals surface area contributed by atoms with Gasteiger partial charge in [-0.3, -0.25) is 4.90 Å². The molecule has 0 aromatic heterocycles. The van der Waals surface area contributed by atoms with Gasteiger partial charge in [-0.1, -0.05) is 29.8 Å². The first-order valence-corrected chi connectivity index (χ1v) is 7.52. The monoisotopic (exact) mass is 276 g/mol. The first kappa shape index (κ1) is 15.5. The van der Waals surface area contributed by atoms with Gasteiger partial charge in [0.1, 0.15) is 0 Å². The second-order valence-electron chi connectivity index (χ2n) is 6.83. The van der Waals surface area contributed by atoms with E-state index >= 15 is 0 Å². The second kappa shape index (κ2) is 5.84. The summed E-state index contributed by atoms with van der Waals surface area (Å²) in [5.74, 6) is 0. The third-order valence-electron chi connectivity index (χ3n) is 3.91. The molecule has 20 heavy (non-hydrogen) atoms. The summed E-state index contributed by atoms with van der Waals surface area (Å²) in [6, 6.07) is 9.09. The van der Waals surface area contributed by atoms with Crippen molar-refractivity contribution in [2.24, 2.45) is 5.73 Å². The number of ether oxygens (including phenoxy) is 1. The lowest BCUT2D eigenvalue weighted by Crippen LogP contribution is -2.55. The van der Waals surface area contributed by atoms with Crippen LogP contribution in [0.15, 0.2) is 24.3 Å². The molecular weight excluding hydrogens is 248 g/mol. The average Bonchev–Trinajstić information content (AvgIpc) is 2.28. The number of nitrogens with zero attached hydrogens (tertiary/aromatic N) is 1. The summed E-state index contributed by atoms with van der Waals surface area (Å²) >= 11 is 0. The van der Waals surface area contributed by atoms with Crippen LogP contribution in [0.5, 0.6) is 0 Å². The SMILES string of the molecule is Cc1ccc(C(C(C)N)N2CC(C)OC(C)(C)C2)cc1. The largest absolute Gasteiger partial charge is 0.370 e. The molecule has 1 aromatic rings. The minimum Gasteiger partial charge on any atom is -0.370 e. The van der Waals surface area contributed by atoms with E-state index < -0.39 is 0 Å². The summed E-state index contributed by atoms with van der Waals surface area (Å²) in [5.41, 5.74) is 8.76. The molecule has 0 saturated carbocycles. The molecule has 112 valence electrons. The highest BCUT2D eigenvalue weighted by Crippen LogP contribution is 2.30. The smallest absolute Gasteiger partial charge is 0.0757 e. The van der Waals surface area contributed by atoms with Gasteiger partial charge in [0.2, 0.25) is 0 Å². The summed E-state index contributed by atoms with van der Waals surface area (Å²) in [6.45, 7) is 12.5. The van der Waals surface area contributed by atoms with Crippen LogP contribution in [0.2, 0.25) is 0 Å². The van der Waals surface area contributed by atoms with Crippen molar-refractivity contribution in [3.05, 3.63) is 35.4 Å². The van der Waals surface area contributed by atoms with E-state index in [0.29, 0.717) is 0 Å². The molecule has 1 fully saturated rings. The maximum atomic E-state index is 6.29. The molecule has 1 aromatic carbocycles. The fourth-order valence-corrected chi connectivity index (χ4v) is 3.33. The van der Waals surface area contributed by atoms with Gasteiger partial charge in [-0.15, -0.1) is 0 Å². The molecule has 1 aliphatic heterocycles. The number of benzene rings is 1. The van der Waals surface area contributed by atoms with Gasteiger partial charge in [0.25, 0.3) is 0 Å². The molecular formula is C17H28N2O. The van der Waals surface area contributed by atoms with E-state index in [4.69, 9.17) is 10.5 Å². The van der Waals surface area contributed by atoms with Gasteiger partial charge in [0, 0.05) is 25.2 Å². The maximum absolute atomic E-state index is 6.29. The molecule has 0 radical (unpaired) electrons. The summed E-state index contributed by atoms with van der Waals surface area (Å²) in [6.07, 6.45) is 0.241. The van der Waals surface area contributed by atoms with Crippen molar-refractivity contribution in [3.63, 3.8) is 0 Å². The van der Waals surface area contributed by atoms with E-state index in [-0.39, 0.29) is 23.8 Å². The predicted octanol–water partition coefficient (Wildman–Crippen LogP) is 2.88. The Balaban J connectivity index is 2.26. The molecule has 0 bridgehead atoms. The van der Waals surface area contributed by atoms with Gasteiger partial charge in [0.15, 0.2) is 0 Å². The Morgan fingerprint density at radius 3 is 2.40 bits per heavy atom. The zero-order valence-electron chi connectivity index (χ0n) is 13.4. The fourth-order valence-electron chi connectivity index (χ4n) is 3.33. The highest BCUT2D eigenvalue weighted by Gasteiger charge is 2.36. The lowest BCUT2D eigenvalue weighted by Gasteiger charge is -2.46. The molecule has 2 rings (SSSR count). The van der Waals surface area contributed by atoms with Crippen LogP contribution in [0, 0.1) is 6.92 Å². The molecule has 0 aliphatic carbocycles. The van der Waals surface area contributed by atoms with Crippen LogP contribution in [0.4, 0.5) is 0 Å². The number of hydrogen-bond donors (Lipinski definition) is 1. The Kier molecular flexibility index (Phi) is 4.52. The van der Waals surface area contributed by atoms with Crippen molar-refractivity contribution in [3.8, 4) is 0 Å². The minimum absolute atomic E-state index is 0.0961. The Morgan fingerprint density at radius 2 is 1.90 bits per heavy atom. The van der Waals surface area contributed by atoms with E-state index in [1.807, 2.05) is 0 Å². The number of rotatable bonds is 3. The van der Waals surface area contributed by atoms with Crippen molar-refractivity contribution in [1.29, 1.82) is 0 Å². The molecule has 3 heteroatoms. The summed E-state index contributed by atoms with van der Waals surface area (Å²) in [5, 5.41) is 0. The Hall–Kier alpha value is -0.900. The van der Waals surface area contributed by atoms with E-state index in [0.717, 1.165) is 13.1 Å². The van der Waals surface area contributed by atoms with Crippen molar-refractivity contribution in [2.75, 3.05) is 13.1 Å². The van der Waals surface area contributed by atoms with Gasteiger partial charge in [-0.05, 0) is 40.2 Å². The van der Waals surface area contributed by atoms with Crippen molar-refractivity contribution < 1.29 is 4.74 Å². The van der Waals surface area contributed by atoms with Crippen molar-refractivity contribution in [2.45, 2.75) is 58.4 Å². The summed E-state index contributed by atoms with van der Waals surface area (Å²) in [7, 11) is 0. The molecule has 1 heterocycles. The van der Waals surface area contributed by atoms with Crippen LogP contribution in [-0.2, 0) is 4.74 Å². The molecule has 0 amide bonds. The molecule has 3 atom stereocenters. The number of aryl methyl sites for hydroxylation is 1. The normalized spacial score (nSPS) is 26.2. The topological polar surface area (TPSA) is 38.5 Å². The average molecular weight is 276 g/mol. The standard InChI is InChI=1S/C17H28N2O/c1-12-6-8-15(9-7-12)16(14(3)18)19-10-13(2)20-17(4,5)11-19/h6-9,13-14,16H,10-11,18H2,1-5H3. The van der Waals surface area contributed by atoms with Crippen LogP contribution in [0.3, 0.4) is 0 Å². The molecule has 2 N–H and O–H groups in total. The number of hydrogen-bond acceptors (Lipinski definition) is 3. The molecule has 1 saturated heterocycles. The Morgan fingerprint density at radius 1 is 1.30 bits per heavy atom. The third kappa shape index (κ3) is 3.60. The van der Waals surface area contributed by atoms with Crippen LogP contribution >= 0.6 is 0 Å². The van der Waals surface area contributed by atoms with Gasteiger partial charge < -0.3 is 10.5 Å². The van der Waals surface area contributed by atoms with E-state index in [1.54, 1.807) is 0 Å². The zero-order valence-corrected chi connectivity index (χ0v) is 13.4. The zero-order chi connectivity index (χ0) is 14.9. The molecule has 3 nitrogen and oxygen atoms in total. The highest BCUT2D eigenvalue weighted by molar-refractivity contribution is 5.25. The van der Waals surface area contributed by atoms with E-state index in [9.17, 15) is 0 Å². The number of morpholine rings is 1. The quantitative estimate of drug-likeness (QED) is 0.922.